The summed E-state index contributed by atoms with van der Waals surface area (Å²) in [4.78, 5) is 0. The standard InChI is InChI=1S/C13H15NO3/c1-16-9-4-5-10-11(14-15)7-12(8-2-3-8)17-13(10)6-9/h4-6,8,12,15H,2-3,7H2,1H3. The van der Waals surface area contributed by atoms with Gasteiger partial charge in [0.1, 0.15) is 17.6 Å². The molecule has 1 N–H and O–H groups in total. The van der Waals surface area contributed by atoms with Crippen LogP contribution in [-0.2, 0) is 0 Å². The van der Waals surface area contributed by atoms with E-state index >= 15 is 0 Å². The highest BCUT2D eigenvalue weighted by molar-refractivity contribution is 6.03. The lowest BCUT2D eigenvalue weighted by Gasteiger charge is -2.26. The Morgan fingerprint density at radius 3 is 2.88 bits per heavy atom. The van der Waals surface area contributed by atoms with Gasteiger partial charge < -0.3 is 14.7 Å². The fraction of sp³-hybridized carbons (Fsp3) is 0.462. The Morgan fingerprint density at radius 2 is 2.24 bits per heavy atom. The number of hydrogen-bond donors (Lipinski definition) is 1. The third kappa shape index (κ3) is 1.84. The molecule has 2 aliphatic rings. The summed E-state index contributed by atoms with van der Waals surface area (Å²) in [5.74, 6) is 2.14. The van der Waals surface area contributed by atoms with Crippen molar-refractivity contribution >= 4 is 5.71 Å². The fourth-order valence-electron chi connectivity index (χ4n) is 2.30. The van der Waals surface area contributed by atoms with E-state index in [1.807, 2.05) is 18.2 Å². The molecule has 0 bridgehead atoms. The van der Waals surface area contributed by atoms with Gasteiger partial charge in [0.15, 0.2) is 0 Å². The van der Waals surface area contributed by atoms with E-state index in [1.165, 1.54) is 12.8 Å². The minimum Gasteiger partial charge on any atom is -0.497 e. The first-order valence-corrected chi connectivity index (χ1v) is 5.88. The number of rotatable bonds is 2. The molecule has 0 radical (unpaired) electrons. The summed E-state index contributed by atoms with van der Waals surface area (Å²) < 4.78 is 11.1. The van der Waals surface area contributed by atoms with Crippen molar-refractivity contribution in [2.75, 3.05) is 7.11 Å². The van der Waals surface area contributed by atoms with Crippen LogP contribution in [-0.4, -0.2) is 24.1 Å². The molecule has 1 aromatic carbocycles. The van der Waals surface area contributed by atoms with Crippen molar-refractivity contribution in [3.8, 4) is 11.5 Å². The molecule has 1 unspecified atom stereocenters. The molecule has 1 fully saturated rings. The van der Waals surface area contributed by atoms with Crippen LogP contribution in [0.4, 0.5) is 0 Å². The second-order valence-corrected chi connectivity index (χ2v) is 4.61. The number of nitrogens with zero attached hydrogens (tertiary/aromatic N) is 1. The van der Waals surface area contributed by atoms with Crippen molar-refractivity contribution in [2.24, 2.45) is 11.1 Å². The molecule has 1 aromatic rings. The number of benzene rings is 1. The quantitative estimate of drug-likeness (QED) is 0.630. The van der Waals surface area contributed by atoms with Gasteiger partial charge in [0, 0.05) is 18.1 Å². The van der Waals surface area contributed by atoms with Gasteiger partial charge in [-0.15, -0.1) is 0 Å². The van der Waals surface area contributed by atoms with Crippen LogP contribution in [0.2, 0.25) is 0 Å². The van der Waals surface area contributed by atoms with Crippen molar-refractivity contribution in [3.05, 3.63) is 23.8 Å². The molecule has 1 aliphatic heterocycles. The molecule has 0 spiro atoms. The van der Waals surface area contributed by atoms with Crippen LogP contribution in [0.1, 0.15) is 24.8 Å². The summed E-state index contributed by atoms with van der Waals surface area (Å²) in [6.07, 6.45) is 3.27. The van der Waals surface area contributed by atoms with Crippen molar-refractivity contribution in [3.63, 3.8) is 0 Å². The van der Waals surface area contributed by atoms with E-state index in [9.17, 15) is 0 Å². The maximum absolute atomic E-state index is 9.09. The summed E-state index contributed by atoms with van der Waals surface area (Å²) >= 11 is 0. The highest BCUT2D eigenvalue weighted by Crippen LogP contribution is 2.41. The normalized spacial score (nSPS) is 25.2. The van der Waals surface area contributed by atoms with Crippen LogP contribution in [0.15, 0.2) is 23.4 Å². The number of oxime groups is 1. The molecule has 90 valence electrons. The van der Waals surface area contributed by atoms with E-state index < -0.39 is 0 Å². The van der Waals surface area contributed by atoms with Gasteiger partial charge in [-0.25, -0.2) is 0 Å². The van der Waals surface area contributed by atoms with Crippen molar-refractivity contribution < 1.29 is 14.7 Å². The first-order chi connectivity index (χ1) is 8.31. The lowest BCUT2D eigenvalue weighted by Crippen LogP contribution is -2.29. The van der Waals surface area contributed by atoms with Crippen LogP contribution >= 0.6 is 0 Å². The van der Waals surface area contributed by atoms with Crippen LogP contribution in [0.25, 0.3) is 0 Å². The van der Waals surface area contributed by atoms with Crippen LogP contribution in [0, 0.1) is 5.92 Å². The number of fused-ring (bicyclic) bond motifs is 1. The Morgan fingerprint density at radius 1 is 1.41 bits per heavy atom. The minimum atomic E-state index is 0.153. The molecule has 4 heteroatoms. The van der Waals surface area contributed by atoms with E-state index in [-0.39, 0.29) is 6.10 Å². The van der Waals surface area contributed by atoms with Gasteiger partial charge in [-0.3, -0.25) is 0 Å². The largest absolute Gasteiger partial charge is 0.497 e. The van der Waals surface area contributed by atoms with E-state index in [4.69, 9.17) is 14.7 Å². The predicted octanol–water partition coefficient (Wildman–Crippen LogP) is 2.43. The summed E-state index contributed by atoms with van der Waals surface area (Å²) in [6.45, 7) is 0. The lowest BCUT2D eigenvalue weighted by atomic mass is 9.97. The van der Waals surface area contributed by atoms with Gasteiger partial charge in [-0.05, 0) is 30.9 Å². The van der Waals surface area contributed by atoms with Crippen LogP contribution in [0.5, 0.6) is 11.5 Å². The van der Waals surface area contributed by atoms with Crippen molar-refractivity contribution in [2.45, 2.75) is 25.4 Å². The monoisotopic (exact) mass is 233 g/mol. The number of methoxy groups -OCH3 is 1. The first-order valence-electron chi connectivity index (χ1n) is 5.88. The second kappa shape index (κ2) is 3.95. The zero-order valence-electron chi connectivity index (χ0n) is 9.72. The smallest absolute Gasteiger partial charge is 0.132 e. The van der Waals surface area contributed by atoms with Crippen molar-refractivity contribution in [1.29, 1.82) is 0 Å². The molecule has 1 saturated carbocycles. The highest BCUT2D eigenvalue weighted by atomic mass is 16.5. The molecule has 0 saturated heterocycles. The zero-order valence-corrected chi connectivity index (χ0v) is 9.72. The molecule has 17 heavy (non-hydrogen) atoms. The van der Waals surface area contributed by atoms with Gasteiger partial charge in [0.2, 0.25) is 0 Å². The molecule has 1 heterocycles. The van der Waals surface area contributed by atoms with Gasteiger partial charge in [-0.1, -0.05) is 5.16 Å². The molecule has 0 amide bonds. The maximum Gasteiger partial charge on any atom is 0.132 e. The third-order valence-corrected chi connectivity index (χ3v) is 3.44. The third-order valence-electron chi connectivity index (χ3n) is 3.44. The Labute approximate surface area is 99.8 Å². The Hall–Kier alpha value is -1.71. The van der Waals surface area contributed by atoms with Gasteiger partial charge in [0.25, 0.3) is 0 Å². The predicted molar refractivity (Wildman–Crippen MR) is 63.1 cm³/mol. The van der Waals surface area contributed by atoms with E-state index in [1.54, 1.807) is 7.11 Å². The molecule has 1 aliphatic carbocycles. The average molecular weight is 233 g/mol. The summed E-state index contributed by atoms with van der Waals surface area (Å²) in [7, 11) is 1.63. The summed E-state index contributed by atoms with van der Waals surface area (Å²) in [6, 6.07) is 5.59. The number of hydrogen-bond acceptors (Lipinski definition) is 4. The maximum atomic E-state index is 9.09. The zero-order chi connectivity index (χ0) is 11.8. The van der Waals surface area contributed by atoms with Gasteiger partial charge in [0.05, 0.1) is 12.8 Å². The first kappa shape index (κ1) is 10.4. The molecule has 1 atom stereocenters. The lowest BCUT2D eigenvalue weighted by molar-refractivity contribution is 0.175. The topological polar surface area (TPSA) is 51.0 Å². The van der Waals surface area contributed by atoms with E-state index in [0.717, 1.165) is 17.1 Å². The average Bonchev–Trinajstić information content (AvgIpc) is 3.20. The van der Waals surface area contributed by atoms with Crippen molar-refractivity contribution in [1.82, 2.24) is 0 Å². The Kier molecular flexibility index (Phi) is 2.42. The molecule has 0 aromatic heterocycles. The highest BCUT2D eigenvalue weighted by Gasteiger charge is 2.37. The van der Waals surface area contributed by atoms with E-state index in [2.05, 4.69) is 5.16 Å². The summed E-state index contributed by atoms with van der Waals surface area (Å²) in [5, 5.41) is 12.5. The second-order valence-electron chi connectivity index (χ2n) is 4.61. The molecule has 3 rings (SSSR count). The van der Waals surface area contributed by atoms with Gasteiger partial charge in [-0.2, -0.15) is 0 Å². The van der Waals surface area contributed by atoms with Crippen LogP contribution < -0.4 is 9.47 Å². The van der Waals surface area contributed by atoms with E-state index in [0.29, 0.717) is 18.1 Å². The fourth-order valence-corrected chi connectivity index (χ4v) is 2.30. The number of ether oxygens (including phenoxy) is 2. The SMILES string of the molecule is COc1ccc2c(c1)OC(C1CC1)CC2=NO. The Bertz CT molecular complexity index is 466. The molecule has 4 nitrogen and oxygen atoms in total. The van der Waals surface area contributed by atoms with Crippen LogP contribution in [0.3, 0.4) is 0 Å². The Balaban J connectivity index is 1.98. The molecular weight excluding hydrogens is 218 g/mol. The summed E-state index contributed by atoms with van der Waals surface area (Å²) in [5.41, 5.74) is 1.58. The van der Waals surface area contributed by atoms with Gasteiger partial charge >= 0.3 is 0 Å². The molecular formula is C13H15NO3. The minimum absolute atomic E-state index is 0.153.